The second-order valence-corrected chi connectivity index (χ2v) is 12.0. The van der Waals surface area contributed by atoms with Crippen LogP contribution in [0.3, 0.4) is 0 Å². The predicted molar refractivity (Wildman–Crippen MR) is 138 cm³/mol. The molecule has 190 valence electrons. The van der Waals surface area contributed by atoms with Crippen molar-refractivity contribution in [3.05, 3.63) is 34.2 Å². The van der Waals surface area contributed by atoms with E-state index < -0.39 is 18.5 Å². The van der Waals surface area contributed by atoms with Gasteiger partial charge in [-0.1, -0.05) is 51.4 Å². The number of rotatable bonds is 7. The zero-order chi connectivity index (χ0) is 26.1. The van der Waals surface area contributed by atoms with Gasteiger partial charge in [-0.15, -0.1) is 11.3 Å². The van der Waals surface area contributed by atoms with Crippen molar-refractivity contribution in [3.63, 3.8) is 0 Å². The summed E-state index contributed by atoms with van der Waals surface area (Å²) in [6.45, 7) is 10.1. The summed E-state index contributed by atoms with van der Waals surface area (Å²) in [5.74, 6) is -1.99. The van der Waals surface area contributed by atoms with Crippen molar-refractivity contribution in [2.45, 2.75) is 59.9 Å². The molecule has 35 heavy (non-hydrogen) atoms. The normalized spacial score (nSPS) is 17.0. The highest BCUT2D eigenvalue weighted by atomic mass is 35.5. The van der Waals surface area contributed by atoms with Crippen LogP contribution in [-0.2, 0) is 14.3 Å². The minimum Gasteiger partial charge on any atom is -0.479 e. The zero-order valence-corrected chi connectivity index (χ0v) is 22.5. The van der Waals surface area contributed by atoms with Crippen LogP contribution in [0.1, 0.15) is 63.6 Å². The Balaban J connectivity index is 2.02. The Morgan fingerprint density at radius 1 is 1.17 bits per heavy atom. The topological polar surface area (TPSA) is 93.1 Å². The molecule has 0 saturated heterocycles. The first-order valence-electron chi connectivity index (χ1n) is 11.4. The van der Waals surface area contributed by atoms with Crippen LogP contribution < -0.4 is 9.64 Å². The second-order valence-electron chi connectivity index (χ2n) is 10.6. The van der Waals surface area contributed by atoms with Gasteiger partial charge in [0.15, 0.2) is 17.2 Å². The average molecular weight is 522 g/mol. The number of carboxylic acids is 1. The van der Waals surface area contributed by atoms with Gasteiger partial charge < -0.3 is 19.5 Å². The molecule has 1 N–H and O–H groups in total. The lowest BCUT2D eigenvalue weighted by Crippen LogP contribution is -2.48. The number of nitrogens with zero attached hydrogens (tertiary/aromatic N) is 1. The Bertz CT molecular complexity index is 1120. The molecule has 0 spiro atoms. The minimum atomic E-state index is -1.21. The number of halogens is 1. The van der Waals surface area contributed by atoms with E-state index in [1.807, 2.05) is 29.2 Å². The highest BCUT2D eigenvalue weighted by Gasteiger charge is 2.41. The molecule has 0 radical (unpaired) electrons. The minimum absolute atomic E-state index is 0.0360. The number of hydrogen-bond donors (Lipinski definition) is 1. The number of carbonyl (C=O) groups is 3. The SMILES string of the molecule is COC(=O)COc1c(C(=O)O)sc(-c2cccc(N(C(C)=O)C3CC(C)(C)CC(C)(C)C3)c2)c1Cl. The molecule has 1 aliphatic carbocycles. The molecule has 1 fully saturated rings. The van der Waals surface area contributed by atoms with Crippen molar-refractivity contribution < 1.29 is 29.0 Å². The van der Waals surface area contributed by atoms with Crippen LogP contribution in [0.25, 0.3) is 10.4 Å². The highest BCUT2D eigenvalue weighted by Crippen LogP contribution is 2.49. The van der Waals surface area contributed by atoms with E-state index >= 15 is 0 Å². The monoisotopic (exact) mass is 521 g/mol. The fourth-order valence-corrected chi connectivity index (χ4v) is 6.86. The molecule has 1 amide bonds. The van der Waals surface area contributed by atoms with Gasteiger partial charge in [0.25, 0.3) is 0 Å². The summed E-state index contributed by atoms with van der Waals surface area (Å²) < 4.78 is 9.97. The number of anilines is 1. The highest BCUT2D eigenvalue weighted by molar-refractivity contribution is 7.18. The van der Waals surface area contributed by atoms with E-state index in [9.17, 15) is 19.5 Å². The number of carboxylic acid groups (broad SMARTS) is 1. The van der Waals surface area contributed by atoms with Crippen LogP contribution in [0.5, 0.6) is 5.75 Å². The van der Waals surface area contributed by atoms with Crippen LogP contribution >= 0.6 is 22.9 Å². The van der Waals surface area contributed by atoms with Crippen molar-refractivity contribution in [3.8, 4) is 16.2 Å². The number of carbonyl (C=O) groups excluding carboxylic acids is 2. The maximum absolute atomic E-state index is 12.9. The van der Waals surface area contributed by atoms with Crippen LogP contribution in [0.2, 0.25) is 5.02 Å². The summed E-state index contributed by atoms with van der Waals surface area (Å²) in [4.78, 5) is 38.4. The Morgan fingerprint density at radius 2 is 1.80 bits per heavy atom. The fraction of sp³-hybridized carbons (Fsp3) is 0.500. The second kappa shape index (κ2) is 10.2. The Hall–Kier alpha value is -2.58. The number of amides is 1. The first-order chi connectivity index (χ1) is 16.2. The first kappa shape index (κ1) is 27.0. The molecule has 0 bridgehead atoms. The maximum atomic E-state index is 12.9. The Morgan fingerprint density at radius 3 is 2.34 bits per heavy atom. The Labute approximate surface area is 215 Å². The number of ether oxygens (including phenoxy) is 2. The smallest absolute Gasteiger partial charge is 0.349 e. The van der Waals surface area contributed by atoms with Gasteiger partial charge in [0.05, 0.1) is 12.0 Å². The third kappa shape index (κ3) is 6.16. The summed E-state index contributed by atoms with van der Waals surface area (Å²) in [7, 11) is 1.21. The molecule has 0 unspecified atom stereocenters. The molecule has 0 aliphatic heterocycles. The van der Waals surface area contributed by atoms with Gasteiger partial charge in [-0.25, -0.2) is 9.59 Å². The molecule has 9 heteroatoms. The lowest BCUT2D eigenvalue weighted by atomic mass is 9.63. The van der Waals surface area contributed by atoms with Crippen LogP contribution in [0.4, 0.5) is 5.69 Å². The molecule has 1 aromatic carbocycles. The van der Waals surface area contributed by atoms with E-state index in [2.05, 4.69) is 32.4 Å². The molecule has 3 rings (SSSR count). The van der Waals surface area contributed by atoms with Crippen molar-refractivity contribution in [1.29, 1.82) is 0 Å². The maximum Gasteiger partial charge on any atom is 0.349 e. The summed E-state index contributed by atoms with van der Waals surface area (Å²) in [5, 5.41) is 9.76. The first-order valence-corrected chi connectivity index (χ1v) is 12.6. The molecule has 7 nitrogen and oxygen atoms in total. The van der Waals surface area contributed by atoms with Gasteiger partial charge in [0, 0.05) is 18.7 Å². The number of methoxy groups -OCH3 is 1. The van der Waals surface area contributed by atoms with Crippen LogP contribution in [0.15, 0.2) is 24.3 Å². The number of thiophene rings is 1. The van der Waals surface area contributed by atoms with Gasteiger partial charge in [0.2, 0.25) is 5.91 Å². The molecular weight excluding hydrogens is 490 g/mol. The summed E-state index contributed by atoms with van der Waals surface area (Å²) in [6.07, 6.45) is 2.85. The molecule has 1 saturated carbocycles. The summed E-state index contributed by atoms with van der Waals surface area (Å²) >= 11 is 7.50. The molecule has 1 aliphatic rings. The molecule has 1 heterocycles. The molecule has 1 aromatic heterocycles. The Kier molecular flexibility index (Phi) is 7.86. The molecular formula is C26H32ClNO6S. The van der Waals surface area contributed by atoms with Crippen LogP contribution in [-0.4, -0.2) is 42.7 Å². The fourth-order valence-electron chi connectivity index (χ4n) is 5.46. The third-order valence-electron chi connectivity index (χ3n) is 6.19. The zero-order valence-electron chi connectivity index (χ0n) is 20.9. The molecule has 0 atom stereocenters. The van der Waals surface area contributed by atoms with E-state index in [0.717, 1.165) is 36.3 Å². The quantitative estimate of drug-likeness (QED) is 0.431. The van der Waals surface area contributed by atoms with E-state index in [0.29, 0.717) is 10.4 Å². The summed E-state index contributed by atoms with van der Waals surface area (Å²) in [6, 6.07) is 7.40. The van der Waals surface area contributed by atoms with Crippen molar-refractivity contribution in [2.75, 3.05) is 18.6 Å². The van der Waals surface area contributed by atoms with E-state index in [4.69, 9.17) is 16.3 Å². The lowest BCUT2D eigenvalue weighted by Gasteiger charge is -2.48. The largest absolute Gasteiger partial charge is 0.479 e. The van der Waals surface area contributed by atoms with Crippen LogP contribution in [0, 0.1) is 10.8 Å². The van der Waals surface area contributed by atoms with Crippen molar-refractivity contribution in [1.82, 2.24) is 0 Å². The lowest BCUT2D eigenvalue weighted by molar-refractivity contribution is -0.142. The average Bonchev–Trinajstić information content (AvgIpc) is 3.06. The van der Waals surface area contributed by atoms with E-state index in [1.54, 1.807) is 6.92 Å². The van der Waals surface area contributed by atoms with Crippen molar-refractivity contribution >= 4 is 46.5 Å². The van der Waals surface area contributed by atoms with E-state index in [1.165, 1.54) is 7.11 Å². The number of benzene rings is 1. The van der Waals surface area contributed by atoms with Gasteiger partial charge in [-0.2, -0.15) is 0 Å². The van der Waals surface area contributed by atoms with Crippen molar-refractivity contribution in [2.24, 2.45) is 10.8 Å². The van der Waals surface area contributed by atoms with Gasteiger partial charge >= 0.3 is 11.9 Å². The third-order valence-corrected chi connectivity index (χ3v) is 7.87. The molecule has 2 aromatic rings. The summed E-state index contributed by atoms with van der Waals surface area (Å²) in [5.41, 5.74) is 1.58. The van der Waals surface area contributed by atoms with Gasteiger partial charge in [0.1, 0.15) is 5.02 Å². The standard InChI is InChI=1S/C26H32ClNO6S/c1-15(29)28(18-11-25(2,3)14-26(4,5)12-18)17-9-7-8-16(10-17)22-20(27)21(23(35-22)24(31)32)34-13-19(30)33-6/h7-10,18H,11-14H2,1-6H3,(H,31,32). The van der Waals surface area contributed by atoms with Gasteiger partial charge in [-0.3, -0.25) is 4.79 Å². The van der Waals surface area contributed by atoms with Gasteiger partial charge in [-0.05, 0) is 47.8 Å². The number of hydrogen-bond acceptors (Lipinski definition) is 6. The van der Waals surface area contributed by atoms with E-state index in [-0.39, 0.29) is 38.4 Å². The number of aromatic carboxylic acids is 1. The predicted octanol–water partition coefficient (Wildman–Crippen LogP) is 6.28. The number of esters is 1.